The summed E-state index contributed by atoms with van der Waals surface area (Å²) in [5, 5.41) is 1.00. The first kappa shape index (κ1) is 7.61. The fraction of sp³-hybridized carbons (Fsp3) is 0.375. The zero-order valence-electron chi connectivity index (χ0n) is 6.00. The van der Waals surface area contributed by atoms with E-state index >= 15 is 0 Å². The molecule has 2 heteroatoms. The highest BCUT2D eigenvalue weighted by Gasteiger charge is 1.90. The van der Waals surface area contributed by atoms with Crippen molar-refractivity contribution in [3.05, 3.63) is 24.4 Å². The van der Waals surface area contributed by atoms with Gasteiger partial charge in [-0.25, -0.2) is 4.98 Å². The van der Waals surface area contributed by atoms with Crippen LogP contribution >= 0.6 is 11.8 Å². The molecule has 1 heterocycles. The molecule has 0 aliphatic rings. The van der Waals surface area contributed by atoms with Crippen LogP contribution in [0.25, 0.3) is 0 Å². The first-order valence-electron chi connectivity index (χ1n) is 3.39. The number of hydrogen-bond donors (Lipinski definition) is 0. The molecule has 0 fully saturated rings. The highest BCUT2D eigenvalue weighted by atomic mass is 32.2. The van der Waals surface area contributed by atoms with Gasteiger partial charge in [0.05, 0.1) is 0 Å². The largest absolute Gasteiger partial charge is 0.249 e. The van der Waals surface area contributed by atoms with Crippen molar-refractivity contribution in [2.45, 2.75) is 18.4 Å². The van der Waals surface area contributed by atoms with E-state index in [0.29, 0.717) is 0 Å². The van der Waals surface area contributed by atoms with Crippen molar-refractivity contribution in [2.24, 2.45) is 0 Å². The molecule has 0 N–H and O–H groups in total. The highest BCUT2D eigenvalue weighted by molar-refractivity contribution is 7.99. The van der Waals surface area contributed by atoms with Crippen LogP contribution in [-0.4, -0.2) is 10.7 Å². The van der Waals surface area contributed by atoms with Crippen LogP contribution in [-0.2, 0) is 0 Å². The lowest BCUT2D eigenvalue weighted by Crippen LogP contribution is -1.79. The topological polar surface area (TPSA) is 12.9 Å². The Hall–Kier alpha value is -0.500. The summed E-state index contributed by atoms with van der Waals surface area (Å²) in [5.74, 6) is 1.13. The number of nitrogens with zero attached hydrogens (tertiary/aromatic N) is 1. The molecular weight excluding hydrogens is 142 g/mol. The molecule has 0 spiro atoms. The molecule has 0 aliphatic heterocycles. The van der Waals surface area contributed by atoms with Gasteiger partial charge < -0.3 is 0 Å². The zero-order valence-corrected chi connectivity index (χ0v) is 6.82. The molecule has 1 rings (SSSR count). The van der Waals surface area contributed by atoms with Crippen LogP contribution in [0.5, 0.6) is 0 Å². The Kier molecular flexibility index (Phi) is 3.30. The molecule has 1 radical (unpaired) electrons. The summed E-state index contributed by atoms with van der Waals surface area (Å²) < 4.78 is 0. The first-order valence-corrected chi connectivity index (χ1v) is 4.37. The Morgan fingerprint density at radius 3 is 3.20 bits per heavy atom. The summed E-state index contributed by atoms with van der Waals surface area (Å²) in [6.07, 6.45) is 2.99. The fourth-order valence-corrected chi connectivity index (χ4v) is 1.27. The summed E-state index contributed by atoms with van der Waals surface area (Å²) in [5.41, 5.74) is 0. The first-order chi connectivity index (χ1) is 4.93. The number of hydrogen-bond acceptors (Lipinski definition) is 2. The SMILES string of the molecule is CCCSc1[c]cccn1. The van der Waals surface area contributed by atoms with E-state index in [1.807, 2.05) is 12.1 Å². The van der Waals surface area contributed by atoms with Crippen molar-refractivity contribution < 1.29 is 0 Å². The summed E-state index contributed by atoms with van der Waals surface area (Å²) in [4.78, 5) is 4.12. The number of aromatic nitrogens is 1. The second-order valence-electron chi connectivity index (χ2n) is 1.94. The van der Waals surface area contributed by atoms with Crippen LogP contribution in [0.2, 0.25) is 0 Å². The molecule has 53 valence electrons. The number of thioether (sulfide) groups is 1. The second-order valence-corrected chi connectivity index (χ2v) is 3.02. The normalized spacial score (nSPS) is 9.70. The predicted molar refractivity (Wildman–Crippen MR) is 44.1 cm³/mol. The second kappa shape index (κ2) is 4.34. The molecule has 0 saturated carbocycles. The molecular formula is C8H10NS. The molecule has 0 amide bonds. The monoisotopic (exact) mass is 152 g/mol. The molecule has 0 saturated heterocycles. The minimum Gasteiger partial charge on any atom is -0.249 e. The molecule has 0 bridgehead atoms. The molecule has 1 nitrogen and oxygen atoms in total. The Morgan fingerprint density at radius 2 is 2.60 bits per heavy atom. The molecule has 10 heavy (non-hydrogen) atoms. The van der Waals surface area contributed by atoms with Gasteiger partial charge in [0.1, 0.15) is 5.03 Å². The van der Waals surface area contributed by atoms with Crippen molar-refractivity contribution in [2.75, 3.05) is 5.75 Å². The maximum absolute atomic E-state index is 4.12. The van der Waals surface area contributed by atoms with Gasteiger partial charge in [-0.3, -0.25) is 0 Å². The van der Waals surface area contributed by atoms with Gasteiger partial charge >= 0.3 is 0 Å². The third-order valence-electron chi connectivity index (χ3n) is 1.02. The van der Waals surface area contributed by atoms with Gasteiger partial charge in [-0.1, -0.05) is 13.0 Å². The zero-order chi connectivity index (χ0) is 7.23. The van der Waals surface area contributed by atoms with E-state index in [9.17, 15) is 0 Å². The van der Waals surface area contributed by atoms with E-state index in [4.69, 9.17) is 0 Å². The van der Waals surface area contributed by atoms with Crippen LogP contribution in [0.1, 0.15) is 13.3 Å². The molecule has 0 aliphatic carbocycles. The number of rotatable bonds is 3. The summed E-state index contributed by atoms with van der Waals surface area (Å²) in [7, 11) is 0. The maximum atomic E-state index is 4.12. The Labute approximate surface area is 65.9 Å². The smallest absolute Gasteiger partial charge is 0.104 e. The van der Waals surface area contributed by atoms with Crippen LogP contribution < -0.4 is 0 Å². The van der Waals surface area contributed by atoms with Crippen LogP contribution in [0.4, 0.5) is 0 Å². The average molecular weight is 152 g/mol. The highest BCUT2D eigenvalue weighted by Crippen LogP contribution is 2.13. The lowest BCUT2D eigenvalue weighted by atomic mass is 10.5. The minimum atomic E-state index is 1.00. The van der Waals surface area contributed by atoms with E-state index in [1.54, 1.807) is 18.0 Å². The van der Waals surface area contributed by atoms with Crippen molar-refractivity contribution in [3.63, 3.8) is 0 Å². The van der Waals surface area contributed by atoms with Gasteiger partial charge in [-0.15, -0.1) is 11.8 Å². The van der Waals surface area contributed by atoms with Crippen molar-refractivity contribution >= 4 is 11.8 Å². The van der Waals surface area contributed by atoms with Gasteiger partial charge in [0, 0.05) is 12.3 Å². The van der Waals surface area contributed by atoms with E-state index in [1.165, 1.54) is 6.42 Å². The van der Waals surface area contributed by atoms with Crippen LogP contribution in [0.3, 0.4) is 0 Å². The van der Waals surface area contributed by atoms with Crippen molar-refractivity contribution in [1.82, 2.24) is 4.98 Å². The molecule has 1 aromatic rings. The maximum Gasteiger partial charge on any atom is 0.104 e. The van der Waals surface area contributed by atoms with Gasteiger partial charge in [-0.05, 0) is 18.2 Å². The molecule has 1 aromatic heterocycles. The third-order valence-corrected chi connectivity index (χ3v) is 2.13. The van der Waals surface area contributed by atoms with E-state index in [0.717, 1.165) is 10.8 Å². The Balaban J connectivity index is 2.43. The van der Waals surface area contributed by atoms with E-state index < -0.39 is 0 Å². The van der Waals surface area contributed by atoms with Gasteiger partial charge in [-0.2, -0.15) is 0 Å². The summed E-state index contributed by atoms with van der Waals surface area (Å²) >= 11 is 1.75. The van der Waals surface area contributed by atoms with E-state index in [2.05, 4.69) is 18.0 Å². The molecule has 0 unspecified atom stereocenters. The Bertz CT molecular complexity index is 174. The van der Waals surface area contributed by atoms with Gasteiger partial charge in [0.2, 0.25) is 0 Å². The van der Waals surface area contributed by atoms with Crippen LogP contribution in [0.15, 0.2) is 23.4 Å². The third kappa shape index (κ3) is 2.40. The summed E-state index contributed by atoms with van der Waals surface area (Å²) in [6.45, 7) is 2.16. The van der Waals surface area contributed by atoms with Crippen LogP contribution in [0, 0.1) is 6.07 Å². The van der Waals surface area contributed by atoms with Gasteiger partial charge in [0.25, 0.3) is 0 Å². The van der Waals surface area contributed by atoms with Gasteiger partial charge in [0.15, 0.2) is 0 Å². The number of pyridine rings is 1. The Morgan fingerprint density at radius 1 is 1.70 bits per heavy atom. The average Bonchev–Trinajstić information content (AvgIpc) is 2.03. The predicted octanol–water partition coefficient (Wildman–Crippen LogP) is 2.38. The van der Waals surface area contributed by atoms with E-state index in [-0.39, 0.29) is 0 Å². The quantitative estimate of drug-likeness (QED) is 0.617. The molecule has 0 atom stereocenters. The molecule has 0 aromatic carbocycles. The standard InChI is InChI=1S/C8H10NS/c1-2-7-10-8-5-3-4-6-9-8/h3-4,6H,2,7H2,1H3. The lowest BCUT2D eigenvalue weighted by Gasteiger charge is -1.94. The summed E-state index contributed by atoms with van der Waals surface area (Å²) in [6, 6.07) is 6.83. The van der Waals surface area contributed by atoms with Crippen molar-refractivity contribution in [1.29, 1.82) is 0 Å². The fourth-order valence-electron chi connectivity index (χ4n) is 0.588. The lowest BCUT2D eigenvalue weighted by molar-refractivity contribution is 1.08. The van der Waals surface area contributed by atoms with Crippen molar-refractivity contribution in [3.8, 4) is 0 Å². The minimum absolute atomic E-state index is 1.00.